The summed E-state index contributed by atoms with van der Waals surface area (Å²) in [5.41, 5.74) is 5.84. The quantitative estimate of drug-likeness (QED) is 0.838. The molecule has 0 saturated carbocycles. The van der Waals surface area contributed by atoms with Gasteiger partial charge in [0.1, 0.15) is 0 Å². The maximum absolute atomic E-state index is 3.48. The van der Waals surface area contributed by atoms with Crippen molar-refractivity contribution in [3.05, 3.63) is 59.7 Å². The molecule has 1 aliphatic rings. The molecule has 1 saturated heterocycles. The fourth-order valence-corrected chi connectivity index (χ4v) is 3.19. The third-order valence-corrected chi connectivity index (χ3v) is 4.52. The molecule has 1 nitrogen and oxygen atoms in total. The van der Waals surface area contributed by atoms with Gasteiger partial charge in [0, 0.05) is 6.54 Å². The Bertz CT molecular complexity index is 598. The van der Waals surface area contributed by atoms with Crippen molar-refractivity contribution in [2.75, 3.05) is 13.1 Å². The first kappa shape index (κ1) is 14.3. The van der Waals surface area contributed by atoms with E-state index in [1.165, 1.54) is 28.7 Å². The van der Waals surface area contributed by atoms with Crippen LogP contribution in [0.4, 0.5) is 0 Å². The number of benzene rings is 2. The van der Waals surface area contributed by atoms with E-state index in [-0.39, 0.29) is 5.41 Å². The molecule has 3 rings (SSSR count). The lowest BCUT2D eigenvalue weighted by Gasteiger charge is -2.20. The molecule has 0 aliphatic carbocycles. The molecule has 2 aromatic carbocycles. The van der Waals surface area contributed by atoms with Crippen molar-refractivity contribution in [1.82, 2.24) is 5.32 Å². The van der Waals surface area contributed by atoms with Gasteiger partial charge in [-0.25, -0.2) is 0 Å². The highest BCUT2D eigenvalue weighted by atomic mass is 14.9. The van der Waals surface area contributed by atoms with Gasteiger partial charge in [-0.05, 0) is 46.6 Å². The van der Waals surface area contributed by atoms with Crippen molar-refractivity contribution < 1.29 is 0 Å². The third kappa shape index (κ3) is 3.03. The van der Waals surface area contributed by atoms with E-state index in [2.05, 4.69) is 74.6 Å². The Morgan fingerprint density at radius 2 is 1.67 bits per heavy atom. The topological polar surface area (TPSA) is 12.0 Å². The van der Waals surface area contributed by atoms with E-state index in [0.717, 1.165) is 13.1 Å². The summed E-state index contributed by atoms with van der Waals surface area (Å²) in [5, 5.41) is 3.48. The highest BCUT2D eigenvalue weighted by Gasteiger charge is 2.20. The van der Waals surface area contributed by atoms with Gasteiger partial charge in [-0.15, -0.1) is 0 Å². The van der Waals surface area contributed by atoms with E-state index in [1.807, 2.05) is 0 Å². The van der Waals surface area contributed by atoms with Gasteiger partial charge in [-0.1, -0.05) is 69.3 Å². The first-order valence-corrected chi connectivity index (χ1v) is 7.96. The maximum Gasteiger partial charge on any atom is 0.00208 e. The van der Waals surface area contributed by atoms with E-state index < -0.39 is 0 Å². The molecule has 0 amide bonds. The van der Waals surface area contributed by atoms with Crippen LogP contribution in [0.2, 0.25) is 0 Å². The second-order valence-corrected chi connectivity index (χ2v) is 7.10. The molecule has 0 aromatic heterocycles. The van der Waals surface area contributed by atoms with Crippen molar-refractivity contribution in [1.29, 1.82) is 0 Å². The number of hydrogen-bond acceptors (Lipinski definition) is 1. The summed E-state index contributed by atoms with van der Waals surface area (Å²) in [6.45, 7) is 9.04. The van der Waals surface area contributed by atoms with Crippen molar-refractivity contribution in [2.45, 2.75) is 38.5 Å². The van der Waals surface area contributed by atoms with E-state index in [9.17, 15) is 0 Å². The first-order chi connectivity index (χ1) is 10.1. The van der Waals surface area contributed by atoms with E-state index in [1.54, 1.807) is 0 Å². The Hall–Kier alpha value is -1.60. The normalized spacial score (nSPS) is 18.9. The second kappa shape index (κ2) is 5.65. The van der Waals surface area contributed by atoms with Gasteiger partial charge in [0.15, 0.2) is 0 Å². The molecule has 21 heavy (non-hydrogen) atoms. The summed E-state index contributed by atoms with van der Waals surface area (Å²) < 4.78 is 0. The lowest BCUT2D eigenvalue weighted by molar-refractivity contribution is 0.590. The van der Waals surface area contributed by atoms with Crippen LogP contribution in [0.25, 0.3) is 11.1 Å². The van der Waals surface area contributed by atoms with Crippen LogP contribution in [-0.2, 0) is 5.41 Å². The van der Waals surface area contributed by atoms with Crippen molar-refractivity contribution in [3.63, 3.8) is 0 Å². The van der Waals surface area contributed by atoms with Crippen LogP contribution in [0.5, 0.6) is 0 Å². The SMILES string of the molecule is CC(C)(C)c1ccc(-c2ccccc2[C@H]2CCNC2)cc1. The van der Waals surface area contributed by atoms with Crippen LogP contribution in [0, 0.1) is 0 Å². The smallest absolute Gasteiger partial charge is 0.00208 e. The molecular weight excluding hydrogens is 254 g/mol. The molecule has 0 spiro atoms. The standard InChI is InChI=1S/C20H25N/c1-20(2,3)17-10-8-15(9-11-17)18-6-4-5-7-19(18)16-12-13-21-14-16/h4-11,16,21H,12-14H2,1-3H3/t16-/m0/s1. The number of nitrogens with one attached hydrogen (secondary N) is 1. The van der Waals surface area contributed by atoms with E-state index in [4.69, 9.17) is 0 Å². The van der Waals surface area contributed by atoms with Gasteiger partial charge in [0.25, 0.3) is 0 Å². The van der Waals surface area contributed by atoms with Gasteiger partial charge in [-0.2, -0.15) is 0 Å². The minimum Gasteiger partial charge on any atom is -0.316 e. The molecule has 1 fully saturated rings. The van der Waals surface area contributed by atoms with E-state index in [0.29, 0.717) is 5.92 Å². The molecule has 1 N–H and O–H groups in total. The molecule has 1 aliphatic heterocycles. The summed E-state index contributed by atoms with van der Waals surface area (Å²) in [5.74, 6) is 0.656. The zero-order valence-electron chi connectivity index (χ0n) is 13.3. The summed E-state index contributed by atoms with van der Waals surface area (Å²) in [7, 11) is 0. The molecule has 110 valence electrons. The molecule has 0 radical (unpaired) electrons. The van der Waals surface area contributed by atoms with Crippen LogP contribution in [0.15, 0.2) is 48.5 Å². The van der Waals surface area contributed by atoms with Crippen LogP contribution >= 0.6 is 0 Å². The van der Waals surface area contributed by atoms with Crippen molar-refractivity contribution >= 4 is 0 Å². The van der Waals surface area contributed by atoms with Crippen LogP contribution in [-0.4, -0.2) is 13.1 Å². The largest absolute Gasteiger partial charge is 0.316 e. The molecule has 1 heterocycles. The predicted octanol–water partition coefficient (Wildman–Crippen LogP) is 4.73. The summed E-state index contributed by atoms with van der Waals surface area (Å²) in [4.78, 5) is 0. The van der Waals surface area contributed by atoms with Crippen LogP contribution in [0.3, 0.4) is 0 Å². The van der Waals surface area contributed by atoms with Crippen LogP contribution in [0.1, 0.15) is 44.2 Å². The van der Waals surface area contributed by atoms with Gasteiger partial charge in [0.05, 0.1) is 0 Å². The zero-order chi connectivity index (χ0) is 14.9. The molecular formula is C20H25N. The maximum atomic E-state index is 3.48. The number of hydrogen-bond donors (Lipinski definition) is 1. The van der Waals surface area contributed by atoms with Gasteiger partial charge >= 0.3 is 0 Å². The Kier molecular flexibility index (Phi) is 3.86. The molecule has 0 unspecified atom stereocenters. The molecule has 2 aromatic rings. The fourth-order valence-electron chi connectivity index (χ4n) is 3.19. The monoisotopic (exact) mass is 279 g/mol. The first-order valence-electron chi connectivity index (χ1n) is 7.96. The average molecular weight is 279 g/mol. The second-order valence-electron chi connectivity index (χ2n) is 7.10. The lowest BCUT2D eigenvalue weighted by Crippen LogP contribution is -2.10. The van der Waals surface area contributed by atoms with Crippen LogP contribution < -0.4 is 5.32 Å². The summed E-state index contributed by atoms with van der Waals surface area (Å²) in [6.07, 6.45) is 1.25. The number of rotatable bonds is 2. The Balaban J connectivity index is 1.97. The Morgan fingerprint density at radius 3 is 2.29 bits per heavy atom. The van der Waals surface area contributed by atoms with Gasteiger partial charge in [0.2, 0.25) is 0 Å². The third-order valence-electron chi connectivity index (χ3n) is 4.52. The van der Waals surface area contributed by atoms with Crippen molar-refractivity contribution in [2.24, 2.45) is 0 Å². The van der Waals surface area contributed by atoms with E-state index >= 15 is 0 Å². The summed E-state index contributed by atoms with van der Waals surface area (Å²) in [6, 6.07) is 18.0. The van der Waals surface area contributed by atoms with Gasteiger partial charge < -0.3 is 5.32 Å². The predicted molar refractivity (Wildman–Crippen MR) is 90.8 cm³/mol. The molecule has 0 bridgehead atoms. The lowest BCUT2D eigenvalue weighted by atomic mass is 9.85. The highest BCUT2D eigenvalue weighted by Crippen LogP contribution is 2.33. The highest BCUT2D eigenvalue weighted by molar-refractivity contribution is 5.68. The molecule has 1 atom stereocenters. The zero-order valence-corrected chi connectivity index (χ0v) is 13.3. The average Bonchev–Trinajstić information content (AvgIpc) is 3.01. The minimum absolute atomic E-state index is 0.216. The summed E-state index contributed by atoms with van der Waals surface area (Å²) >= 11 is 0. The Labute approximate surface area is 128 Å². The molecule has 1 heteroatoms. The van der Waals surface area contributed by atoms with Crippen molar-refractivity contribution in [3.8, 4) is 11.1 Å². The minimum atomic E-state index is 0.216. The fraction of sp³-hybridized carbons (Fsp3) is 0.400. The Morgan fingerprint density at radius 1 is 0.952 bits per heavy atom. The van der Waals surface area contributed by atoms with Gasteiger partial charge in [-0.3, -0.25) is 0 Å².